The summed E-state index contributed by atoms with van der Waals surface area (Å²) in [4.78, 5) is 31.4. The third-order valence-electron chi connectivity index (χ3n) is 4.83. The Labute approximate surface area is 182 Å². The molecule has 0 saturated heterocycles. The van der Waals surface area contributed by atoms with E-state index in [0.29, 0.717) is 32.9 Å². The van der Waals surface area contributed by atoms with Crippen molar-refractivity contribution in [3.8, 4) is 16.9 Å². The van der Waals surface area contributed by atoms with E-state index in [9.17, 15) is 9.59 Å². The van der Waals surface area contributed by atoms with Crippen LogP contribution < -0.4 is 4.74 Å². The SMILES string of the molecule is COc1ccc(C(=O)c2c[nH]c3ncc(-c4cccc(/C=C/C(=O)O)c4)cc23)c(Cl)c1. The summed E-state index contributed by atoms with van der Waals surface area (Å²) in [5, 5.41) is 9.81. The van der Waals surface area contributed by atoms with Crippen LogP contribution in [-0.2, 0) is 4.79 Å². The van der Waals surface area contributed by atoms with Gasteiger partial charge >= 0.3 is 5.97 Å². The molecule has 2 N–H and O–H groups in total. The average Bonchev–Trinajstić information content (AvgIpc) is 3.20. The van der Waals surface area contributed by atoms with Gasteiger partial charge in [0, 0.05) is 40.5 Å². The molecule has 0 atom stereocenters. The lowest BCUT2D eigenvalue weighted by atomic mass is 10.00. The molecule has 6 nitrogen and oxygen atoms in total. The fraction of sp³-hybridized carbons (Fsp3) is 0.0417. The van der Waals surface area contributed by atoms with Crippen molar-refractivity contribution in [1.82, 2.24) is 9.97 Å². The van der Waals surface area contributed by atoms with Gasteiger partial charge in [-0.2, -0.15) is 0 Å². The van der Waals surface area contributed by atoms with Crippen molar-refractivity contribution >= 4 is 40.5 Å². The largest absolute Gasteiger partial charge is 0.497 e. The number of carboxylic acid groups (broad SMARTS) is 1. The number of halogens is 1. The summed E-state index contributed by atoms with van der Waals surface area (Å²) in [6.07, 6.45) is 5.93. The van der Waals surface area contributed by atoms with Crippen molar-refractivity contribution in [1.29, 1.82) is 0 Å². The molecule has 31 heavy (non-hydrogen) atoms. The van der Waals surface area contributed by atoms with E-state index in [1.165, 1.54) is 13.2 Å². The fourth-order valence-electron chi connectivity index (χ4n) is 3.29. The van der Waals surface area contributed by atoms with Gasteiger partial charge in [-0.25, -0.2) is 9.78 Å². The molecule has 0 aliphatic carbocycles. The minimum absolute atomic E-state index is 0.226. The number of hydrogen-bond donors (Lipinski definition) is 2. The van der Waals surface area contributed by atoms with E-state index in [0.717, 1.165) is 22.8 Å². The van der Waals surface area contributed by atoms with Crippen molar-refractivity contribution < 1.29 is 19.4 Å². The Kier molecular flexibility index (Phi) is 5.56. The zero-order valence-electron chi connectivity index (χ0n) is 16.4. The second kappa shape index (κ2) is 8.45. The van der Waals surface area contributed by atoms with Crippen LogP contribution in [-0.4, -0.2) is 33.9 Å². The number of ether oxygens (including phenoxy) is 1. The summed E-state index contributed by atoms with van der Waals surface area (Å²) < 4.78 is 5.15. The second-order valence-corrected chi connectivity index (χ2v) is 7.20. The van der Waals surface area contributed by atoms with Crippen molar-refractivity contribution in [2.24, 2.45) is 0 Å². The van der Waals surface area contributed by atoms with Crippen molar-refractivity contribution in [2.45, 2.75) is 0 Å². The quantitative estimate of drug-likeness (QED) is 0.322. The average molecular weight is 433 g/mol. The molecule has 0 saturated carbocycles. The number of methoxy groups -OCH3 is 1. The minimum Gasteiger partial charge on any atom is -0.497 e. The summed E-state index contributed by atoms with van der Waals surface area (Å²) in [7, 11) is 1.53. The number of ketones is 1. The lowest BCUT2D eigenvalue weighted by Crippen LogP contribution is -2.02. The number of rotatable bonds is 6. The number of aromatic nitrogens is 2. The smallest absolute Gasteiger partial charge is 0.328 e. The van der Waals surface area contributed by atoms with E-state index < -0.39 is 5.97 Å². The van der Waals surface area contributed by atoms with Crippen LogP contribution in [0.3, 0.4) is 0 Å². The Morgan fingerprint density at radius 3 is 2.68 bits per heavy atom. The Hall–Kier alpha value is -3.90. The first kappa shape index (κ1) is 20.4. The molecule has 0 aliphatic heterocycles. The summed E-state index contributed by atoms with van der Waals surface area (Å²) in [5.41, 5.74) is 3.80. The Balaban J connectivity index is 1.74. The normalized spacial score (nSPS) is 11.2. The monoisotopic (exact) mass is 432 g/mol. The maximum Gasteiger partial charge on any atom is 0.328 e. The first-order valence-corrected chi connectivity index (χ1v) is 9.71. The Bertz CT molecular complexity index is 1340. The lowest BCUT2D eigenvalue weighted by Gasteiger charge is -2.06. The molecular formula is C24H17ClN2O4. The second-order valence-electron chi connectivity index (χ2n) is 6.79. The van der Waals surface area contributed by atoms with Gasteiger partial charge in [-0.15, -0.1) is 0 Å². The van der Waals surface area contributed by atoms with Gasteiger partial charge in [-0.05, 0) is 47.5 Å². The molecule has 4 aromatic rings. The summed E-state index contributed by atoms with van der Waals surface area (Å²) in [6, 6.07) is 14.2. The molecule has 0 fully saturated rings. The number of benzene rings is 2. The number of fused-ring (bicyclic) bond motifs is 1. The van der Waals surface area contributed by atoms with Crippen LogP contribution in [0, 0.1) is 0 Å². The van der Waals surface area contributed by atoms with Gasteiger partial charge in [0.2, 0.25) is 0 Å². The number of aliphatic carboxylic acids is 1. The number of nitrogens with zero attached hydrogens (tertiary/aromatic N) is 1. The molecule has 154 valence electrons. The molecule has 2 aromatic heterocycles. The zero-order chi connectivity index (χ0) is 22.0. The molecule has 0 amide bonds. The van der Waals surface area contributed by atoms with Crippen LogP contribution in [0.25, 0.3) is 28.2 Å². The van der Waals surface area contributed by atoms with E-state index in [2.05, 4.69) is 9.97 Å². The first-order chi connectivity index (χ1) is 15.0. The topological polar surface area (TPSA) is 92.3 Å². The molecule has 0 radical (unpaired) electrons. The van der Waals surface area contributed by atoms with E-state index in [-0.39, 0.29) is 5.78 Å². The summed E-state index contributed by atoms with van der Waals surface area (Å²) >= 11 is 6.29. The number of pyridine rings is 1. The van der Waals surface area contributed by atoms with Crippen molar-refractivity contribution in [2.75, 3.05) is 7.11 Å². The standard InChI is InChI=1S/C24H17ClN2O4/c1-31-17-6-7-18(21(25)11-17)23(30)20-13-27-24-19(20)10-16(12-26-24)15-4-2-3-14(9-15)5-8-22(28)29/h2-13H,1H3,(H,26,27)(H,28,29)/b8-5+. The van der Waals surface area contributed by atoms with Crippen LogP contribution in [0.1, 0.15) is 21.5 Å². The predicted molar refractivity (Wildman–Crippen MR) is 120 cm³/mol. The van der Waals surface area contributed by atoms with Gasteiger partial charge < -0.3 is 14.8 Å². The van der Waals surface area contributed by atoms with Crippen molar-refractivity contribution in [3.63, 3.8) is 0 Å². The lowest BCUT2D eigenvalue weighted by molar-refractivity contribution is -0.131. The van der Waals surface area contributed by atoms with Gasteiger partial charge in [-0.3, -0.25) is 4.79 Å². The maximum absolute atomic E-state index is 13.2. The highest BCUT2D eigenvalue weighted by atomic mass is 35.5. The Morgan fingerprint density at radius 1 is 1.10 bits per heavy atom. The summed E-state index contributed by atoms with van der Waals surface area (Å²) in [6.45, 7) is 0. The number of H-pyrrole nitrogens is 1. The fourth-order valence-corrected chi connectivity index (χ4v) is 3.55. The van der Waals surface area contributed by atoms with Crippen LogP contribution in [0.2, 0.25) is 5.02 Å². The minimum atomic E-state index is -1.01. The summed E-state index contributed by atoms with van der Waals surface area (Å²) in [5.74, 6) is -0.668. The molecule has 7 heteroatoms. The number of carbonyl (C=O) groups excluding carboxylic acids is 1. The van der Waals surface area contributed by atoms with Crippen LogP contribution in [0.5, 0.6) is 5.75 Å². The van der Waals surface area contributed by atoms with E-state index >= 15 is 0 Å². The van der Waals surface area contributed by atoms with E-state index in [1.54, 1.807) is 30.6 Å². The Morgan fingerprint density at radius 2 is 1.94 bits per heavy atom. The molecule has 0 spiro atoms. The molecule has 4 rings (SSSR count). The third-order valence-corrected chi connectivity index (χ3v) is 5.15. The van der Waals surface area contributed by atoms with Crippen molar-refractivity contribution in [3.05, 3.63) is 88.7 Å². The number of nitrogens with one attached hydrogen (secondary N) is 1. The first-order valence-electron chi connectivity index (χ1n) is 9.33. The van der Waals surface area contributed by atoms with Gasteiger partial charge in [0.15, 0.2) is 5.78 Å². The molecule has 2 aromatic carbocycles. The highest BCUT2D eigenvalue weighted by molar-refractivity contribution is 6.35. The molecule has 0 aliphatic rings. The van der Waals surface area contributed by atoms with Crippen LogP contribution in [0.15, 0.2) is 67.0 Å². The van der Waals surface area contributed by atoms with Gasteiger partial charge in [-0.1, -0.05) is 29.8 Å². The molecule has 2 heterocycles. The zero-order valence-corrected chi connectivity index (χ0v) is 17.2. The van der Waals surface area contributed by atoms with Gasteiger partial charge in [0.1, 0.15) is 11.4 Å². The molecule has 0 unspecified atom stereocenters. The highest BCUT2D eigenvalue weighted by Crippen LogP contribution is 2.29. The van der Waals surface area contributed by atoms with Crippen LogP contribution >= 0.6 is 11.6 Å². The number of aromatic amines is 1. The van der Waals surface area contributed by atoms with Gasteiger partial charge in [0.05, 0.1) is 12.1 Å². The highest BCUT2D eigenvalue weighted by Gasteiger charge is 2.18. The van der Waals surface area contributed by atoms with E-state index in [1.807, 2.05) is 30.3 Å². The third kappa shape index (κ3) is 4.20. The van der Waals surface area contributed by atoms with Crippen LogP contribution in [0.4, 0.5) is 0 Å². The molecule has 0 bridgehead atoms. The molecular weight excluding hydrogens is 416 g/mol. The number of carbonyl (C=O) groups is 2. The number of carboxylic acids is 1. The predicted octanol–water partition coefficient (Wildman–Crippen LogP) is 5.22. The maximum atomic E-state index is 13.2. The van der Waals surface area contributed by atoms with Gasteiger partial charge in [0.25, 0.3) is 0 Å². The van der Waals surface area contributed by atoms with E-state index in [4.69, 9.17) is 21.4 Å². The number of hydrogen-bond acceptors (Lipinski definition) is 4.